The van der Waals surface area contributed by atoms with Crippen molar-refractivity contribution < 1.29 is 1.37 Å². The molecule has 0 N–H and O–H groups in total. The summed E-state index contributed by atoms with van der Waals surface area (Å²) in [5, 5.41) is 4.35. The van der Waals surface area contributed by atoms with E-state index >= 15 is 0 Å². The van der Waals surface area contributed by atoms with E-state index in [2.05, 4.69) is 17.0 Å². The average Bonchev–Trinajstić information content (AvgIpc) is 2.60. The molecule has 0 saturated heterocycles. The molecular weight excluding hydrogens is 186 g/mol. The van der Waals surface area contributed by atoms with E-state index in [4.69, 9.17) is 1.37 Å². The molecule has 0 amide bonds. The Balaban J connectivity index is 2.40. The normalized spacial score (nSPS) is 11.5. The third-order valence-electron chi connectivity index (χ3n) is 2.25. The molecule has 1 heterocycles. The molecule has 3 nitrogen and oxygen atoms in total. The largest absolute Gasteiger partial charge is 0.249 e. The quantitative estimate of drug-likeness (QED) is 0.765. The Bertz CT molecular complexity index is 491. The summed E-state index contributed by atoms with van der Waals surface area (Å²) in [5.41, 5.74) is 0.949. The fourth-order valence-corrected chi connectivity index (χ4v) is 1.55. The van der Waals surface area contributed by atoms with Gasteiger partial charge in [-0.3, -0.25) is 0 Å². The Morgan fingerprint density at radius 1 is 1.40 bits per heavy atom. The third-order valence-corrected chi connectivity index (χ3v) is 2.25. The van der Waals surface area contributed by atoms with Crippen LogP contribution in [0, 0.1) is 0 Å². The summed E-state index contributed by atoms with van der Waals surface area (Å²) in [7, 11) is 1.89. The highest BCUT2D eigenvalue weighted by molar-refractivity contribution is 5.54. The van der Waals surface area contributed by atoms with E-state index in [0.29, 0.717) is 6.04 Å². The Kier molecular flexibility index (Phi) is 2.45. The first-order valence-corrected chi connectivity index (χ1v) is 5.17. The molecule has 2 aromatic rings. The molecule has 0 aliphatic carbocycles. The van der Waals surface area contributed by atoms with Gasteiger partial charge < -0.3 is 0 Å². The van der Waals surface area contributed by atoms with Crippen LogP contribution in [0.1, 0.15) is 20.5 Å². The number of benzene rings is 1. The van der Waals surface area contributed by atoms with E-state index in [1.807, 2.05) is 19.2 Å². The molecule has 1 aromatic carbocycles. The van der Waals surface area contributed by atoms with Crippen molar-refractivity contribution in [2.75, 3.05) is 0 Å². The lowest BCUT2D eigenvalue weighted by atomic mass is 10.2. The Labute approximate surface area is 91.2 Å². The van der Waals surface area contributed by atoms with E-state index < -0.39 is 0 Å². The number of rotatable bonds is 3. The molecule has 1 aromatic heterocycles. The van der Waals surface area contributed by atoms with E-state index in [1.54, 1.807) is 16.8 Å². The minimum Gasteiger partial charge on any atom is -0.249 e. The topological polar surface area (TPSA) is 30.7 Å². The zero-order valence-corrected chi connectivity index (χ0v) is 9.07. The van der Waals surface area contributed by atoms with Crippen LogP contribution in [0.3, 0.4) is 0 Å². The Morgan fingerprint density at radius 2 is 2.27 bits per heavy atom. The zero-order valence-electron chi connectivity index (χ0n) is 10.1. The van der Waals surface area contributed by atoms with Crippen molar-refractivity contribution in [1.82, 2.24) is 14.8 Å². The van der Waals surface area contributed by atoms with Crippen LogP contribution >= 0.6 is 0 Å². The predicted octanol–water partition coefficient (Wildman–Crippen LogP) is 2.43. The van der Waals surface area contributed by atoms with Gasteiger partial charge in [0.1, 0.15) is 0 Å². The van der Waals surface area contributed by atoms with Crippen LogP contribution in [0.5, 0.6) is 0 Å². The van der Waals surface area contributed by atoms with Crippen molar-refractivity contribution >= 4 is 0 Å². The Hall–Kier alpha value is -1.64. The first-order valence-electron chi connectivity index (χ1n) is 5.67. The highest BCUT2D eigenvalue weighted by Gasteiger charge is 2.07. The molecule has 0 atom stereocenters. The lowest BCUT2D eigenvalue weighted by molar-refractivity contribution is 0.737. The average molecular weight is 202 g/mol. The Morgan fingerprint density at radius 3 is 3.00 bits per heavy atom. The first kappa shape index (κ1) is 8.65. The van der Waals surface area contributed by atoms with E-state index in [-0.39, 0.29) is 0 Å². The van der Waals surface area contributed by atoms with Crippen molar-refractivity contribution in [2.24, 2.45) is 7.05 Å². The van der Waals surface area contributed by atoms with Crippen molar-refractivity contribution in [2.45, 2.75) is 19.8 Å². The molecule has 0 aliphatic heterocycles. The molecule has 0 unspecified atom stereocenters. The molecule has 0 radical (unpaired) electrons. The lowest BCUT2D eigenvalue weighted by Gasteiger charge is -1.97. The maximum absolute atomic E-state index is 7.59. The molecule has 3 heteroatoms. The lowest BCUT2D eigenvalue weighted by Crippen LogP contribution is -1.94. The molecule has 0 saturated carbocycles. The summed E-state index contributed by atoms with van der Waals surface area (Å²) in [6.45, 7) is 2.11. The monoisotopic (exact) mass is 202 g/mol. The predicted molar refractivity (Wildman–Crippen MR) is 60.4 cm³/mol. The molecular formula is C12H15N3. The summed E-state index contributed by atoms with van der Waals surface area (Å²) in [6.07, 6.45) is 1.94. The van der Waals surface area contributed by atoms with Crippen molar-refractivity contribution in [3.63, 3.8) is 0 Å². The molecule has 78 valence electrons. The second-order valence-electron chi connectivity index (χ2n) is 3.52. The summed E-state index contributed by atoms with van der Waals surface area (Å²) < 4.78 is 9.36. The second kappa shape index (κ2) is 4.26. The van der Waals surface area contributed by atoms with E-state index in [0.717, 1.165) is 30.1 Å². The zero-order chi connectivity index (χ0) is 11.5. The third kappa shape index (κ3) is 2.06. The highest BCUT2D eigenvalue weighted by atomic mass is 15.3. The number of aryl methyl sites for hydroxylation is 2. The van der Waals surface area contributed by atoms with Crippen molar-refractivity contribution in [3.8, 4) is 11.4 Å². The summed E-state index contributed by atoms with van der Waals surface area (Å²) in [4.78, 5) is 4.48. The van der Waals surface area contributed by atoms with Gasteiger partial charge in [-0.15, -0.1) is 0 Å². The van der Waals surface area contributed by atoms with Gasteiger partial charge in [-0.25, -0.2) is 9.67 Å². The number of hydrogen-bond donors (Lipinski definition) is 0. The number of hydrogen-bond acceptors (Lipinski definition) is 2. The molecule has 0 fully saturated rings. The standard InChI is InChI=1S/C12H15N3/c1-3-7-11-13-12(15(2)14-11)10-8-5-4-6-9-10/h4-6,8-9H,3,7H2,1-2H3/i5D. The molecule has 0 bridgehead atoms. The van der Waals surface area contributed by atoms with Gasteiger partial charge in [-0.2, -0.15) is 5.10 Å². The number of aromatic nitrogens is 3. The van der Waals surface area contributed by atoms with Crippen LogP contribution in [0.4, 0.5) is 0 Å². The summed E-state index contributed by atoms with van der Waals surface area (Å²) in [5.74, 6) is 1.70. The second-order valence-corrected chi connectivity index (χ2v) is 3.52. The first-order chi connectivity index (χ1) is 7.70. The fraction of sp³-hybridized carbons (Fsp3) is 0.333. The van der Waals surface area contributed by atoms with Gasteiger partial charge in [0, 0.05) is 19.0 Å². The van der Waals surface area contributed by atoms with Gasteiger partial charge in [0.15, 0.2) is 11.6 Å². The van der Waals surface area contributed by atoms with Crippen molar-refractivity contribution in [3.05, 3.63) is 36.1 Å². The minimum absolute atomic E-state index is 0.498. The van der Waals surface area contributed by atoms with Crippen LogP contribution in [0.2, 0.25) is 0 Å². The number of nitrogens with zero attached hydrogens (tertiary/aromatic N) is 3. The van der Waals surface area contributed by atoms with Crippen LogP contribution < -0.4 is 0 Å². The molecule has 0 spiro atoms. The van der Waals surface area contributed by atoms with Crippen LogP contribution in [0.15, 0.2) is 30.3 Å². The van der Waals surface area contributed by atoms with Crippen LogP contribution in [-0.2, 0) is 13.5 Å². The minimum atomic E-state index is 0.498. The van der Waals surface area contributed by atoms with Gasteiger partial charge in [0.2, 0.25) is 0 Å². The summed E-state index contributed by atoms with van der Waals surface area (Å²) in [6, 6.07) is 7.88. The molecule has 0 aliphatic rings. The van der Waals surface area contributed by atoms with Gasteiger partial charge >= 0.3 is 0 Å². The maximum Gasteiger partial charge on any atom is 0.158 e. The highest BCUT2D eigenvalue weighted by Crippen LogP contribution is 2.15. The van der Waals surface area contributed by atoms with Gasteiger partial charge in [-0.1, -0.05) is 37.2 Å². The smallest absolute Gasteiger partial charge is 0.158 e. The SMILES string of the molecule is [2H]c1cccc(-c2nc(CCC)nn2C)c1. The van der Waals surface area contributed by atoms with Gasteiger partial charge in [0.05, 0.1) is 1.37 Å². The molecule has 15 heavy (non-hydrogen) atoms. The maximum atomic E-state index is 7.59. The van der Waals surface area contributed by atoms with Gasteiger partial charge in [0.25, 0.3) is 0 Å². The van der Waals surface area contributed by atoms with E-state index in [9.17, 15) is 0 Å². The summed E-state index contributed by atoms with van der Waals surface area (Å²) >= 11 is 0. The fourth-order valence-electron chi connectivity index (χ4n) is 1.55. The van der Waals surface area contributed by atoms with Crippen LogP contribution in [0.25, 0.3) is 11.4 Å². The van der Waals surface area contributed by atoms with Crippen molar-refractivity contribution in [1.29, 1.82) is 0 Å². The molecule has 2 rings (SSSR count). The van der Waals surface area contributed by atoms with Gasteiger partial charge in [-0.05, 0) is 6.42 Å². The van der Waals surface area contributed by atoms with E-state index in [1.165, 1.54) is 0 Å². The van der Waals surface area contributed by atoms with Crippen LogP contribution in [-0.4, -0.2) is 14.8 Å².